The molecule has 0 radical (unpaired) electrons. The average molecular weight is 458 g/mol. The predicted molar refractivity (Wildman–Crippen MR) is 122 cm³/mol. The van der Waals surface area contributed by atoms with Crippen LogP contribution >= 0.6 is 0 Å². The summed E-state index contributed by atoms with van der Waals surface area (Å²) < 4.78 is 40.9. The number of aliphatic carboxylic acids is 1. The van der Waals surface area contributed by atoms with Gasteiger partial charge in [0.2, 0.25) is 0 Å². The summed E-state index contributed by atoms with van der Waals surface area (Å²) in [7, 11) is 3.88. The molecule has 0 saturated heterocycles. The molecule has 33 heavy (non-hydrogen) atoms. The highest BCUT2D eigenvalue weighted by Crippen LogP contribution is 2.34. The first-order valence-electron chi connectivity index (χ1n) is 10.8. The highest BCUT2D eigenvalue weighted by molar-refractivity contribution is 5.73. The largest absolute Gasteiger partial charge is 0.481 e. The molecule has 1 unspecified atom stereocenters. The van der Waals surface area contributed by atoms with Crippen molar-refractivity contribution in [1.82, 2.24) is 0 Å². The van der Waals surface area contributed by atoms with Crippen molar-refractivity contribution < 1.29 is 27.6 Å². The number of nitrogens with zero attached hydrogens (tertiary/aromatic N) is 2. The molecule has 1 N–H and O–H groups in total. The number of pyridine rings is 1. The Morgan fingerprint density at radius 3 is 2.21 bits per heavy atom. The van der Waals surface area contributed by atoms with Gasteiger partial charge in [-0.3, -0.25) is 4.79 Å². The van der Waals surface area contributed by atoms with Crippen LogP contribution < -0.4 is 9.47 Å². The van der Waals surface area contributed by atoms with Gasteiger partial charge in [0.1, 0.15) is 7.05 Å². The lowest BCUT2D eigenvalue weighted by Gasteiger charge is -2.21. The van der Waals surface area contributed by atoms with Gasteiger partial charge in [0.15, 0.2) is 12.4 Å². The number of alkyl halides is 3. The average Bonchev–Trinajstić information content (AvgIpc) is 2.76. The van der Waals surface area contributed by atoms with E-state index in [0.717, 1.165) is 34.6 Å². The van der Waals surface area contributed by atoms with E-state index < -0.39 is 17.7 Å². The van der Waals surface area contributed by atoms with Gasteiger partial charge in [0.25, 0.3) is 0 Å². The smallest absolute Gasteiger partial charge is 0.416 e. The molecule has 0 saturated carbocycles. The number of hydrogen-bond acceptors (Lipinski definition) is 2. The van der Waals surface area contributed by atoms with Crippen molar-refractivity contribution in [1.29, 1.82) is 0 Å². The van der Waals surface area contributed by atoms with Crippen LogP contribution in [0.15, 0.2) is 67.0 Å². The second kappa shape index (κ2) is 10.1. The summed E-state index contributed by atoms with van der Waals surface area (Å²) in [5, 5.41) is 9.03. The molecule has 0 amide bonds. The summed E-state index contributed by atoms with van der Waals surface area (Å²) in [5.74, 6) is -0.800. The highest BCUT2D eigenvalue weighted by atomic mass is 19.4. The van der Waals surface area contributed by atoms with E-state index in [4.69, 9.17) is 5.11 Å². The van der Waals surface area contributed by atoms with Crippen LogP contribution in [0.4, 0.5) is 24.5 Å². The van der Waals surface area contributed by atoms with Crippen LogP contribution in [0.2, 0.25) is 0 Å². The van der Waals surface area contributed by atoms with Gasteiger partial charge >= 0.3 is 12.1 Å². The fourth-order valence-corrected chi connectivity index (χ4v) is 3.71. The molecule has 1 aromatic heterocycles. The van der Waals surface area contributed by atoms with Gasteiger partial charge in [0.05, 0.1) is 11.3 Å². The Labute approximate surface area is 191 Å². The third-order valence-electron chi connectivity index (χ3n) is 5.71. The van der Waals surface area contributed by atoms with Crippen molar-refractivity contribution >= 4 is 17.3 Å². The van der Waals surface area contributed by atoms with Gasteiger partial charge < -0.3 is 10.0 Å². The first-order valence-corrected chi connectivity index (χ1v) is 10.8. The molecule has 0 bridgehead atoms. The quantitative estimate of drug-likeness (QED) is 0.422. The van der Waals surface area contributed by atoms with Crippen LogP contribution in [0.3, 0.4) is 0 Å². The number of halogens is 3. The maximum atomic E-state index is 13.0. The van der Waals surface area contributed by atoms with E-state index in [1.807, 2.05) is 73.2 Å². The van der Waals surface area contributed by atoms with E-state index in [-0.39, 0.29) is 12.3 Å². The second-order valence-corrected chi connectivity index (χ2v) is 8.49. The molecule has 2 aromatic carbocycles. The number of carbonyl (C=O) groups is 1. The lowest BCUT2D eigenvalue weighted by molar-refractivity contribution is -0.671. The zero-order chi connectivity index (χ0) is 24.2. The van der Waals surface area contributed by atoms with Crippen molar-refractivity contribution in [3.8, 4) is 11.1 Å². The number of benzene rings is 2. The Bertz CT molecular complexity index is 1090. The Hall–Kier alpha value is -3.35. The van der Waals surface area contributed by atoms with E-state index in [9.17, 15) is 18.0 Å². The number of hydrogen-bond donors (Lipinski definition) is 1. The highest BCUT2D eigenvalue weighted by Gasteiger charge is 2.30. The van der Waals surface area contributed by atoms with Crippen LogP contribution in [-0.4, -0.2) is 18.1 Å². The molecule has 0 aliphatic heterocycles. The van der Waals surface area contributed by atoms with Crippen LogP contribution in [0.1, 0.15) is 30.9 Å². The Kier molecular flexibility index (Phi) is 7.41. The minimum Gasteiger partial charge on any atom is -0.481 e. The number of anilines is 2. The summed E-state index contributed by atoms with van der Waals surface area (Å²) in [5.41, 5.74) is 3.71. The SMILES string of the molecule is CC(CCc1cc(-c2ccc(C(F)(F)F)cc2)cc(N(C)c2cc[n+](C)cc2)c1)CC(=O)O. The van der Waals surface area contributed by atoms with Gasteiger partial charge in [0, 0.05) is 31.3 Å². The summed E-state index contributed by atoms with van der Waals surface area (Å²) in [6.07, 6.45) is 0.989. The maximum absolute atomic E-state index is 13.0. The Morgan fingerprint density at radius 2 is 1.64 bits per heavy atom. The molecule has 4 nitrogen and oxygen atoms in total. The minimum atomic E-state index is -4.38. The first-order chi connectivity index (χ1) is 15.5. The number of aromatic nitrogens is 1. The third-order valence-corrected chi connectivity index (χ3v) is 5.71. The zero-order valence-electron chi connectivity index (χ0n) is 18.9. The minimum absolute atomic E-state index is 0.0209. The molecular weight excluding hydrogens is 429 g/mol. The van der Waals surface area contributed by atoms with Crippen LogP contribution in [0, 0.1) is 5.92 Å². The van der Waals surface area contributed by atoms with Crippen molar-refractivity contribution in [2.45, 2.75) is 32.4 Å². The number of aryl methyl sites for hydroxylation is 2. The van der Waals surface area contributed by atoms with E-state index in [0.29, 0.717) is 18.4 Å². The van der Waals surface area contributed by atoms with E-state index in [2.05, 4.69) is 0 Å². The third kappa shape index (κ3) is 6.57. The lowest BCUT2D eigenvalue weighted by atomic mass is 9.95. The fourth-order valence-electron chi connectivity index (χ4n) is 3.71. The van der Waals surface area contributed by atoms with E-state index in [1.165, 1.54) is 12.1 Å². The summed E-state index contributed by atoms with van der Waals surface area (Å²) in [4.78, 5) is 13.0. The fraction of sp³-hybridized carbons (Fsp3) is 0.308. The molecule has 3 aromatic rings. The summed E-state index contributed by atoms with van der Waals surface area (Å²) in [6.45, 7) is 1.91. The zero-order valence-corrected chi connectivity index (χ0v) is 18.9. The topological polar surface area (TPSA) is 44.4 Å². The summed E-state index contributed by atoms with van der Waals surface area (Å²) in [6, 6.07) is 15.1. The molecule has 0 fully saturated rings. The summed E-state index contributed by atoms with van der Waals surface area (Å²) >= 11 is 0. The molecule has 0 aliphatic rings. The lowest BCUT2D eigenvalue weighted by Crippen LogP contribution is -2.26. The first kappa shape index (κ1) is 24.3. The standard InChI is InChI=1S/C26H27F3N2O2/c1-18(14-25(32)33)4-5-19-15-21(20-6-8-22(9-7-20)26(27,28)29)17-24(16-19)31(3)23-10-12-30(2)13-11-23/h6-13,15-18H,4-5,14H2,1-3H3/p+1. The monoisotopic (exact) mass is 457 g/mol. The van der Waals surface area contributed by atoms with Crippen molar-refractivity contribution in [3.63, 3.8) is 0 Å². The molecule has 7 heteroatoms. The molecular formula is C26H28F3N2O2+. The van der Waals surface area contributed by atoms with E-state index >= 15 is 0 Å². The molecule has 0 aliphatic carbocycles. The Morgan fingerprint density at radius 1 is 1.00 bits per heavy atom. The van der Waals surface area contributed by atoms with Gasteiger partial charge in [-0.1, -0.05) is 25.1 Å². The number of carboxylic acids is 1. The Balaban J connectivity index is 1.96. The molecule has 0 spiro atoms. The molecule has 3 rings (SSSR count). The van der Waals surface area contributed by atoms with Gasteiger partial charge in [-0.25, -0.2) is 4.57 Å². The van der Waals surface area contributed by atoms with Crippen molar-refractivity contribution in [2.75, 3.05) is 11.9 Å². The predicted octanol–water partition coefficient (Wildman–Crippen LogP) is 6.01. The normalized spacial score (nSPS) is 12.4. The molecule has 1 atom stereocenters. The van der Waals surface area contributed by atoms with E-state index in [1.54, 1.807) is 0 Å². The molecule has 1 heterocycles. The van der Waals surface area contributed by atoms with Gasteiger partial charge in [-0.15, -0.1) is 0 Å². The number of carboxylic acid groups (broad SMARTS) is 1. The van der Waals surface area contributed by atoms with Crippen molar-refractivity contribution in [3.05, 3.63) is 78.1 Å². The van der Waals surface area contributed by atoms with Gasteiger partial charge in [-0.2, -0.15) is 13.2 Å². The van der Waals surface area contributed by atoms with Crippen LogP contribution in [0.5, 0.6) is 0 Å². The number of rotatable bonds is 8. The molecule has 174 valence electrons. The van der Waals surface area contributed by atoms with Crippen LogP contribution in [0.25, 0.3) is 11.1 Å². The van der Waals surface area contributed by atoms with Crippen molar-refractivity contribution in [2.24, 2.45) is 13.0 Å². The van der Waals surface area contributed by atoms with Gasteiger partial charge in [-0.05, 0) is 59.7 Å². The maximum Gasteiger partial charge on any atom is 0.416 e. The second-order valence-electron chi connectivity index (χ2n) is 8.49. The van der Waals surface area contributed by atoms with Crippen LogP contribution in [-0.2, 0) is 24.4 Å².